The lowest BCUT2D eigenvalue weighted by Crippen LogP contribution is -2.42. The Hall–Kier alpha value is -2.40. The maximum atomic E-state index is 13.1. The average molecular weight is 479 g/mol. The average Bonchev–Trinajstić information content (AvgIpc) is 3.17. The first-order valence-corrected chi connectivity index (χ1v) is 12.7. The molecule has 1 amide bonds. The van der Waals surface area contributed by atoms with Crippen molar-refractivity contribution in [3.05, 3.63) is 53.6 Å². The molecule has 0 bridgehead atoms. The van der Waals surface area contributed by atoms with Crippen molar-refractivity contribution < 1.29 is 27.9 Å². The van der Waals surface area contributed by atoms with Gasteiger partial charge in [-0.2, -0.15) is 4.31 Å². The minimum atomic E-state index is -4.03. The lowest BCUT2D eigenvalue weighted by Gasteiger charge is -2.22. The van der Waals surface area contributed by atoms with E-state index in [0.717, 1.165) is 20.3 Å². The predicted octanol–water partition coefficient (Wildman–Crippen LogP) is 2.33. The van der Waals surface area contributed by atoms with Crippen LogP contribution in [0.4, 0.5) is 5.69 Å². The minimum Gasteiger partial charge on any atom is -0.454 e. The Morgan fingerprint density at radius 3 is 2.47 bits per heavy atom. The van der Waals surface area contributed by atoms with Crippen LogP contribution in [0.3, 0.4) is 0 Å². The van der Waals surface area contributed by atoms with Crippen molar-refractivity contribution in [2.75, 3.05) is 24.7 Å². The molecule has 1 aliphatic rings. The molecular weight excluding hydrogens is 452 g/mol. The van der Waals surface area contributed by atoms with Crippen molar-refractivity contribution in [2.45, 2.75) is 42.2 Å². The van der Waals surface area contributed by atoms with Gasteiger partial charge in [0.05, 0.1) is 11.0 Å². The number of β-amino-alcohol motifs (C(OH)–C–C–N with tert-alkyl or cyclic N) is 1. The maximum Gasteiger partial charge on any atom is 0.325 e. The Morgan fingerprint density at radius 1 is 1.16 bits per heavy atom. The molecule has 1 fully saturated rings. The summed E-state index contributed by atoms with van der Waals surface area (Å²) in [5, 5.41) is 12.7. The van der Waals surface area contributed by atoms with Gasteiger partial charge in [0.1, 0.15) is 6.04 Å². The van der Waals surface area contributed by atoms with Gasteiger partial charge in [0.15, 0.2) is 6.61 Å². The Labute approximate surface area is 192 Å². The van der Waals surface area contributed by atoms with Gasteiger partial charge in [0.2, 0.25) is 10.0 Å². The molecule has 1 saturated heterocycles. The first-order valence-electron chi connectivity index (χ1n) is 9.99. The van der Waals surface area contributed by atoms with E-state index in [1.54, 1.807) is 36.9 Å². The zero-order chi connectivity index (χ0) is 23.5. The lowest BCUT2D eigenvalue weighted by atomic mass is 10.1. The van der Waals surface area contributed by atoms with E-state index in [4.69, 9.17) is 4.74 Å². The van der Waals surface area contributed by atoms with Gasteiger partial charge in [-0.25, -0.2) is 8.42 Å². The summed E-state index contributed by atoms with van der Waals surface area (Å²) < 4.78 is 32.3. The number of carbonyl (C=O) groups is 2. The predicted molar refractivity (Wildman–Crippen MR) is 122 cm³/mol. The van der Waals surface area contributed by atoms with E-state index in [0.29, 0.717) is 5.69 Å². The quantitative estimate of drug-likeness (QED) is 0.464. The highest BCUT2D eigenvalue weighted by Crippen LogP contribution is 2.28. The highest BCUT2D eigenvalue weighted by Gasteiger charge is 2.44. The number of sulfonamides is 1. The molecule has 0 radical (unpaired) electrons. The third-order valence-corrected chi connectivity index (χ3v) is 7.92. The molecule has 0 spiro atoms. The molecule has 2 aromatic rings. The molecule has 2 aromatic carbocycles. The van der Waals surface area contributed by atoms with Crippen LogP contribution in [0.2, 0.25) is 0 Å². The molecule has 2 N–H and O–H groups in total. The number of aliphatic hydroxyl groups excluding tert-OH is 1. The molecule has 0 aromatic heterocycles. The van der Waals surface area contributed by atoms with Crippen molar-refractivity contribution in [3.63, 3.8) is 0 Å². The number of ether oxygens (including phenoxy) is 1. The minimum absolute atomic E-state index is 0.0407. The number of aryl methyl sites for hydroxylation is 2. The number of esters is 1. The number of aliphatic hydroxyl groups is 1. The largest absolute Gasteiger partial charge is 0.454 e. The van der Waals surface area contributed by atoms with E-state index in [9.17, 15) is 23.1 Å². The van der Waals surface area contributed by atoms with Gasteiger partial charge >= 0.3 is 5.97 Å². The first-order chi connectivity index (χ1) is 15.1. The van der Waals surface area contributed by atoms with Crippen LogP contribution in [-0.2, 0) is 24.3 Å². The summed E-state index contributed by atoms with van der Waals surface area (Å²) in [7, 11) is -4.03. The second kappa shape index (κ2) is 10.0. The van der Waals surface area contributed by atoms with Crippen LogP contribution in [0, 0.1) is 13.8 Å². The summed E-state index contributed by atoms with van der Waals surface area (Å²) in [5.74, 6) is -1.42. The fourth-order valence-electron chi connectivity index (χ4n) is 3.38. The maximum absolute atomic E-state index is 13.1. The fraction of sp³-hybridized carbons (Fsp3) is 0.364. The number of hydrogen-bond acceptors (Lipinski definition) is 7. The lowest BCUT2D eigenvalue weighted by molar-refractivity contribution is -0.150. The van der Waals surface area contributed by atoms with Crippen LogP contribution in [-0.4, -0.2) is 61.3 Å². The van der Waals surface area contributed by atoms with Crippen molar-refractivity contribution in [2.24, 2.45) is 0 Å². The smallest absolute Gasteiger partial charge is 0.325 e. The van der Waals surface area contributed by atoms with E-state index in [1.807, 2.05) is 25.3 Å². The van der Waals surface area contributed by atoms with Crippen molar-refractivity contribution in [1.82, 2.24) is 4.31 Å². The van der Waals surface area contributed by atoms with Crippen LogP contribution in [0.15, 0.2) is 52.3 Å². The number of thioether (sulfide) groups is 1. The number of nitrogens with zero attached hydrogens (tertiary/aromatic N) is 1. The first kappa shape index (κ1) is 24.2. The molecule has 1 aliphatic heterocycles. The van der Waals surface area contributed by atoms with Gasteiger partial charge in [-0.05, 0) is 67.6 Å². The molecule has 3 rings (SSSR count). The number of nitrogens with one attached hydrogen (secondary N) is 1. The number of benzene rings is 2. The molecular formula is C22H26N2O6S2. The van der Waals surface area contributed by atoms with Crippen LogP contribution >= 0.6 is 11.8 Å². The van der Waals surface area contributed by atoms with Gasteiger partial charge in [-0.3, -0.25) is 9.59 Å². The molecule has 0 saturated carbocycles. The second-order valence-electron chi connectivity index (χ2n) is 7.61. The Kier molecular flexibility index (Phi) is 7.60. The molecule has 1 unspecified atom stereocenters. The zero-order valence-corrected chi connectivity index (χ0v) is 19.7. The number of carbonyl (C=O) groups excluding carboxylic acids is 2. The van der Waals surface area contributed by atoms with Crippen LogP contribution in [0.25, 0.3) is 0 Å². The molecule has 10 heteroatoms. The number of rotatable bonds is 7. The standard InChI is InChI=1S/C22H26N2O6S2/c1-14-4-9-19(10-15(14)2)32(28,29)24-12-17(25)11-20(24)22(27)30-13-21(26)23-16-5-7-18(31-3)8-6-16/h4-10,17,20,25H,11-13H2,1-3H3,(H,23,26)/t17?,20-/m0/s1. The summed E-state index contributed by atoms with van der Waals surface area (Å²) in [4.78, 5) is 25.8. The van der Waals surface area contributed by atoms with Crippen LogP contribution in [0.5, 0.6) is 0 Å². The number of amides is 1. The summed E-state index contributed by atoms with van der Waals surface area (Å²) in [6.45, 7) is 2.89. The van der Waals surface area contributed by atoms with E-state index in [1.165, 1.54) is 12.1 Å². The van der Waals surface area contributed by atoms with E-state index < -0.39 is 40.7 Å². The highest BCUT2D eigenvalue weighted by molar-refractivity contribution is 7.98. The fourth-order valence-corrected chi connectivity index (χ4v) is 5.50. The second-order valence-corrected chi connectivity index (χ2v) is 10.4. The third kappa shape index (κ3) is 5.50. The van der Waals surface area contributed by atoms with E-state index in [-0.39, 0.29) is 17.9 Å². The van der Waals surface area contributed by atoms with Crippen molar-refractivity contribution in [1.29, 1.82) is 0 Å². The topological polar surface area (TPSA) is 113 Å². The summed E-state index contributed by atoms with van der Waals surface area (Å²) in [5.41, 5.74) is 2.29. The Bertz CT molecular complexity index is 1100. The normalized spacial score (nSPS) is 19.0. The molecule has 172 valence electrons. The van der Waals surface area contributed by atoms with E-state index in [2.05, 4.69) is 5.32 Å². The highest BCUT2D eigenvalue weighted by atomic mass is 32.2. The SMILES string of the molecule is CSc1ccc(NC(=O)COC(=O)[C@@H]2CC(O)CN2S(=O)(=O)c2ccc(C)c(C)c2)cc1. The number of hydrogen-bond donors (Lipinski definition) is 2. The summed E-state index contributed by atoms with van der Waals surface area (Å²) in [6.07, 6.45) is 0.842. The Morgan fingerprint density at radius 2 is 1.84 bits per heavy atom. The van der Waals surface area contributed by atoms with Crippen molar-refractivity contribution in [3.8, 4) is 0 Å². The monoisotopic (exact) mass is 478 g/mol. The molecule has 8 nitrogen and oxygen atoms in total. The van der Waals surface area contributed by atoms with E-state index >= 15 is 0 Å². The van der Waals surface area contributed by atoms with Gasteiger partial charge in [0.25, 0.3) is 5.91 Å². The third-order valence-electron chi connectivity index (χ3n) is 5.31. The molecule has 0 aliphatic carbocycles. The summed E-state index contributed by atoms with van der Waals surface area (Å²) in [6, 6.07) is 10.7. The van der Waals surface area contributed by atoms with Gasteiger partial charge in [-0.15, -0.1) is 11.8 Å². The van der Waals surface area contributed by atoms with Crippen molar-refractivity contribution >= 4 is 39.3 Å². The Balaban J connectivity index is 1.66. The molecule has 32 heavy (non-hydrogen) atoms. The zero-order valence-electron chi connectivity index (χ0n) is 18.1. The van der Waals surface area contributed by atoms with Gasteiger partial charge in [-0.1, -0.05) is 6.07 Å². The molecule has 1 heterocycles. The molecule has 2 atom stereocenters. The van der Waals surface area contributed by atoms with Gasteiger partial charge in [0, 0.05) is 23.5 Å². The van der Waals surface area contributed by atoms with Crippen LogP contribution in [0.1, 0.15) is 17.5 Å². The summed E-state index contributed by atoms with van der Waals surface area (Å²) >= 11 is 1.57. The van der Waals surface area contributed by atoms with Gasteiger partial charge < -0.3 is 15.2 Å². The van der Waals surface area contributed by atoms with Crippen LogP contribution < -0.4 is 5.32 Å². The number of anilines is 1.